The second kappa shape index (κ2) is 5.95. The van der Waals surface area contributed by atoms with E-state index in [9.17, 15) is 18.0 Å². The van der Waals surface area contributed by atoms with Crippen LogP contribution in [0.2, 0.25) is 5.02 Å². The van der Waals surface area contributed by atoms with E-state index in [-0.39, 0.29) is 23.1 Å². The van der Waals surface area contributed by atoms with Crippen LogP contribution in [-0.4, -0.2) is 23.5 Å². The number of nitrogens with zero attached hydrogens (tertiary/aromatic N) is 2. The second-order valence-corrected chi connectivity index (χ2v) is 5.63. The van der Waals surface area contributed by atoms with Crippen LogP contribution < -0.4 is 16.0 Å². The third-order valence-electron chi connectivity index (χ3n) is 3.55. The summed E-state index contributed by atoms with van der Waals surface area (Å²) in [6.07, 6.45) is -4.57. The van der Waals surface area contributed by atoms with Crippen molar-refractivity contribution in [3.05, 3.63) is 47.1 Å². The van der Waals surface area contributed by atoms with Crippen LogP contribution in [0.1, 0.15) is 5.69 Å². The van der Waals surface area contributed by atoms with Crippen LogP contribution in [0.4, 0.5) is 30.4 Å². The number of rotatable bonds is 1. The highest BCUT2D eigenvalue weighted by molar-refractivity contribution is 6.34. The van der Waals surface area contributed by atoms with E-state index in [2.05, 4.69) is 10.3 Å². The maximum Gasteiger partial charge on any atom is 0.433 e. The highest BCUT2D eigenvalue weighted by Gasteiger charge is 2.34. The van der Waals surface area contributed by atoms with Gasteiger partial charge in [0.25, 0.3) is 0 Å². The first-order valence-electron chi connectivity index (χ1n) is 6.94. The Morgan fingerprint density at radius 3 is 2.67 bits per heavy atom. The smallest absolute Gasteiger partial charge is 0.322 e. The molecule has 0 saturated heterocycles. The number of amides is 1. The summed E-state index contributed by atoms with van der Waals surface area (Å²) in [5, 5.41) is 2.85. The molecule has 1 amide bonds. The molecule has 1 aliphatic rings. The number of fused-ring (bicyclic) bond motifs is 1. The van der Waals surface area contributed by atoms with Crippen LogP contribution in [0.25, 0.3) is 0 Å². The van der Waals surface area contributed by atoms with Gasteiger partial charge in [0.15, 0.2) is 0 Å². The summed E-state index contributed by atoms with van der Waals surface area (Å²) in [6, 6.07) is 7.42. The molecular weight excluding hydrogens is 345 g/mol. The monoisotopic (exact) mass is 356 g/mol. The van der Waals surface area contributed by atoms with Crippen molar-refractivity contribution < 1.29 is 18.0 Å². The number of nitrogens with one attached hydrogen (secondary N) is 1. The molecule has 9 heteroatoms. The van der Waals surface area contributed by atoms with Gasteiger partial charge < -0.3 is 16.0 Å². The largest absolute Gasteiger partial charge is 0.433 e. The lowest BCUT2D eigenvalue weighted by Gasteiger charge is -2.25. The van der Waals surface area contributed by atoms with E-state index in [1.165, 1.54) is 17.0 Å². The average Bonchev–Trinajstić information content (AvgIpc) is 2.65. The molecule has 0 spiro atoms. The summed E-state index contributed by atoms with van der Waals surface area (Å²) >= 11 is 6.10. The quantitative estimate of drug-likeness (QED) is 0.823. The zero-order chi connectivity index (χ0) is 17.5. The number of anilines is 3. The number of aromatic nitrogens is 1. The first kappa shape index (κ1) is 16.5. The van der Waals surface area contributed by atoms with Crippen molar-refractivity contribution in [3.63, 3.8) is 0 Å². The molecule has 2 aromatic rings. The number of alkyl halides is 3. The molecule has 1 aromatic carbocycles. The first-order valence-corrected chi connectivity index (χ1v) is 7.32. The van der Waals surface area contributed by atoms with E-state index >= 15 is 0 Å². The Bertz CT molecular complexity index is 797. The fourth-order valence-corrected chi connectivity index (χ4v) is 2.62. The zero-order valence-corrected chi connectivity index (χ0v) is 12.9. The van der Waals surface area contributed by atoms with Crippen molar-refractivity contribution in [1.29, 1.82) is 0 Å². The Labute approximate surface area is 140 Å². The van der Waals surface area contributed by atoms with Gasteiger partial charge in [-0.3, -0.25) is 4.79 Å². The second-order valence-electron chi connectivity index (χ2n) is 5.22. The number of hydrogen-bond acceptors (Lipinski definition) is 4. The van der Waals surface area contributed by atoms with E-state index in [4.69, 9.17) is 17.3 Å². The first-order chi connectivity index (χ1) is 11.3. The molecule has 0 aliphatic carbocycles. The summed E-state index contributed by atoms with van der Waals surface area (Å²) < 4.78 is 38.8. The fourth-order valence-electron chi connectivity index (χ4n) is 2.40. The third kappa shape index (κ3) is 3.02. The van der Waals surface area contributed by atoms with Gasteiger partial charge >= 0.3 is 6.18 Å². The minimum Gasteiger partial charge on any atom is -0.322 e. The molecule has 2 heterocycles. The van der Waals surface area contributed by atoms with Gasteiger partial charge in [-0.25, -0.2) is 4.98 Å². The molecule has 24 heavy (non-hydrogen) atoms. The maximum atomic E-state index is 12.9. The molecule has 0 unspecified atom stereocenters. The number of nitrogens with two attached hydrogens (primary N) is 1. The molecule has 3 N–H and O–H groups in total. The Kier molecular flexibility index (Phi) is 4.10. The lowest BCUT2D eigenvalue weighted by Crippen LogP contribution is -2.42. The molecule has 126 valence electrons. The van der Waals surface area contributed by atoms with Crippen LogP contribution in [0.15, 0.2) is 36.4 Å². The van der Waals surface area contributed by atoms with Crippen molar-refractivity contribution in [2.75, 3.05) is 16.8 Å². The minimum atomic E-state index is -4.57. The summed E-state index contributed by atoms with van der Waals surface area (Å²) in [4.78, 5) is 17.1. The van der Waals surface area contributed by atoms with E-state index in [0.29, 0.717) is 5.69 Å². The number of para-hydroxylation sites is 1. The summed E-state index contributed by atoms with van der Waals surface area (Å²) in [6.45, 7) is -0.0342. The molecule has 3 rings (SSSR count). The van der Waals surface area contributed by atoms with Gasteiger partial charge in [-0.1, -0.05) is 23.7 Å². The van der Waals surface area contributed by atoms with E-state index in [1.807, 2.05) is 0 Å². The van der Waals surface area contributed by atoms with Crippen molar-refractivity contribution >= 4 is 34.7 Å². The van der Waals surface area contributed by atoms with Gasteiger partial charge in [-0.05, 0) is 24.3 Å². The van der Waals surface area contributed by atoms with E-state index in [0.717, 1.165) is 6.07 Å². The Hall–Kier alpha value is -2.32. The number of hydrogen-bond donors (Lipinski definition) is 2. The Morgan fingerprint density at radius 2 is 1.96 bits per heavy atom. The highest BCUT2D eigenvalue weighted by atomic mass is 35.5. The van der Waals surface area contributed by atoms with Crippen LogP contribution in [0, 0.1) is 0 Å². The lowest BCUT2D eigenvalue weighted by molar-refractivity contribution is -0.141. The molecule has 0 radical (unpaired) electrons. The predicted molar refractivity (Wildman–Crippen MR) is 84.3 cm³/mol. The molecule has 5 nitrogen and oxygen atoms in total. The predicted octanol–water partition coefficient (Wildman–Crippen LogP) is 3.17. The van der Waals surface area contributed by atoms with Crippen molar-refractivity contribution in [1.82, 2.24) is 4.98 Å². The molecule has 1 aromatic heterocycles. The van der Waals surface area contributed by atoms with E-state index < -0.39 is 23.8 Å². The van der Waals surface area contributed by atoms with Gasteiger partial charge in [-0.2, -0.15) is 13.2 Å². The van der Waals surface area contributed by atoms with Crippen LogP contribution in [-0.2, 0) is 11.0 Å². The highest BCUT2D eigenvalue weighted by Crippen LogP contribution is 2.39. The van der Waals surface area contributed by atoms with Crippen LogP contribution in [0.5, 0.6) is 0 Å². The zero-order valence-electron chi connectivity index (χ0n) is 12.1. The Morgan fingerprint density at radius 1 is 1.25 bits per heavy atom. The van der Waals surface area contributed by atoms with Crippen molar-refractivity contribution in [2.45, 2.75) is 12.2 Å². The molecule has 1 aliphatic heterocycles. The Balaban J connectivity index is 2.14. The topological polar surface area (TPSA) is 71.2 Å². The number of carbonyl (C=O) groups is 1. The third-order valence-corrected chi connectivity index (χ3v) is 3.86. The lowest BCUT2D eigenvalue weighted by atomic mass is 10.2. The maximum absolute atomic E-state index is 12.9. The fraction of sp³-hybridized carbons (Fsp3) is 0.200. The standard InChI is InChI=1S/C15H12ClF3N4O/c16-8-3-1-4-10-13(8)22-14(24)9(20)7-23(10)12-6-2-5-11(21-12)15(17,18)19/h1-6,9H,7,20H2,(H,22,24)/t9-/m0/s1. The number of halogens is 4. The minimum absolute atomic E-state index is 0.0280. The van der Waals surface area contributed by atoms with Gasteiger partial charge in [0, 0.05) is 6.54 Å². The molecular formula is C15H12ClF3N4O. The number of carbonyl (C=O) groups excluding carboxylic acids is 1. The number of pyridine rings is 1. The summed E-state index contributed by atoms with van der Waals surface area (Å²) in [5.41, 5.74) is 5.50. The van der Waals surface area contributed by atoms with Gasteiger partial charge in [0.2, 0.25) is 5.91 Å². The molecule has 0 fully saturated rings. The summed E-state index contributed by atoms with van der Waals surface area (Å²) in [5.74, 6) is -0.445. The normalized spacial score (nSPS) is 18.0. The molecule has 0 saturated carbocycles. The van der Waals surface area contributed by atoms with Crippen LogP contribution in [0.3, 0.4) is 0 Å². The average molecular weight is 357 g/mol. The summed E-state index contributed by atoms with van der Waals surface area (Å²) in [7, 11) is 0. The number of benzene rings is 1. The van der Waals surface area contributed by atoms with Gasteiger partial charge in [0.1, 0.15) is 17.6 Å². The molecule has 1 atom stereocenters. The van der Waals surface area contributed by atoms with Crippen molar-refractivity contribution in [3.8, 4) is 0 Å². The van der Waals surface area contributed by atoms with E-state index in [1.54, 1.807) is 18.2 Å². The SMILES string of the molecule is N[C@H]1CN(c2cccc(C(F)(F)F)n2)c2cccc(Cl)c2NC1=O. The van der Waals surface area contributed by atoms with Gasteiger partial charge in [0.05, 0.1) is 16.4 Å². The van der Waals surface area contributed by atoms with Crippen LogP contribution >= 0.6 is 11.6 Å². The van der Waals surface area contributed by atoms with Crippen molar-refractivity contribution in [2.24, 2.45) is 5.73 Å². The van der Waals surface area contributed by atoms with Gasteiger partial charge in [-0.15, -0.1) is 0 Å². The molecule has 0 bridgehead atoms.